The lowest BCUT2D eigenvalue weighted by Gasteiger charge is -2.20. The summed E-state index contributed by atoms with van der Waals surface area (Å²) < 4.78 is 7.17. The second kappa shape index (κ2) is 8.71. The summed E-state index contributed by atoms with van der Waals surface area (Å²) in [5.41, 5.74) is 3.43. The smallest absolute Gasteiger partial charge is 0.256 e. The third-order valence-corrected chi connectivity index (χ3v) is 4.46. The maximum atomic E-state index is 13.2. The maximum Gasteiger partial charge on any atom is 0.256 e. The van der Waals surface area contributed by atoms with Gasteiger partial charge in [0.05, 0.1) is 24.6 Å². The number of methoxy groups -OCH3 is 1. The minimum atomic E-state index is -0.0637. The van der Waals surface area contributed by atoms with Gasteiger partial charge in [-0.3, -0.25) is 4.79 Å². The van der Waals surface area contributed by atoms with Gasteiger partial charge >= 0.3 is 0 Å². The molecule has 1 amide bonds. The van der Waals surface area contributed by atoms with E-state index in [1.807, 2.05) is 75.0 Å². The molecule has 0 saturated heterocycles. The molecule has 3 aromatic rings. The molecule has 0 fully saturated rings. The summed E-state index contributed by atoms with van der Waals surface area (Å²) in [6.07, 6.45) is 3.80. The first-order chi connectivity index (χ1) is 13.5. The van der Waals surface area contributed by atoms with Crippen molar-refractivity contribution < 1.29 is 9.53 Å². The number of hydrogen-bond acceptors (Lipinski definition) is 4. The largest absolute Gasteiger partial charge is 0.496 e. The zero-order valence-corrected chi connectivity index (χ0v) is 16.8. The maximum absolute atomic E-state index is 13.2. The third kappa shape index (κ3) is 4.40. The fourth-order valence-corrected chi connectivity index (χ4v) is 3.16. The molecule has 0 saturated carbocycles. The predicted octanol–water partition coefficient (Wildman–Crippen LogP) is 3.21. The van der Waals surface area contributed by atoms with E-state index in [2.05, 4.69) is 10.00 Å². The fraction of sp³-hybridized carbons (Fsp3) is 0.273. The minimum Gasteiger partial charge on any atom is -0.496 e. The van der Waals surface area contributed by atoms with Crippen LogP contribution in [0.15, 0.2) is 60.9 Å². The van der Waals surface area contributed by atoms with Gasteiger partial charge in [-0.05, 0) is 32.3 Å². The van der Waals surface area contributed by atoms with E-state index in [1.165, 1.54) is 0 Å². The van der Waals surface area contributed by atoms with E-state index in [1.54, 1.807) is 23.7 Å². The first-order valence-electron chi connectivity index (χ1n) is 9.14. The third-order valence-electron chi connectivity index (χ3n) is 4.46. The first kappa shape index (κ1) is 19.6. The van der Waals surface area contributed by atoms with Crippen molar-refractivity contribution in [2.24, 2.45) is 0 Å². The summed E-state index contributed by atoms with van der Waals surface area (Å²) in [6.45, 7) is 1.26. The lowest BCUT2D eigenvalue weighted by molar-refractivity contribution is 0.0784. The highest BCUT2D eigenvalue weighted by Gasteiger charge is 2.18. The van der Waals surface area contributed by atoms with Crippen LogP contribution in [0.3, 0.4) is 0 Å². The number of carbonyl (C=O) groups excluding carboxylic acids is 1. The van der Waals surface area contributed by atoms with Gasteiger partial charge in [-0.15, -0.1) is 0 Å². The molecule has 146 valence electrons. The van der Waals surface area contributed by atoms with E-state index in [-0.39, 0.29) is 5.91 Å². The highest BCUT2D eigenvalue weighted by molar-refractivity contribution is 5.97. The average molecular weight is 378 g/mol. The molecule has 6 nitrogen and oxygen atoms in total. The second-order valence-corrected chi connectivity index (χ2v) is 7.02. The number of amides is 1. The van der Waals surface area contributed by atoms with Crippen LogP contribution >= 0.6 is 0 Å². The van der Waals surface area contributed by atoms with Gasteiger partial charge in [0.2, 0.25) is 0 Å². The van der Waals surface area contributed by atoms with Crippen LogP contribution in [-0.2, 0) is 13.1 Å². The molecule has 0 aliphatic heterocycles. The van der Waals surface area contributed by atoms with Crippen molar-refractivity contribution in [3.63, 3.8) is 0 Å². The molecular weight excluding hydrogens is 352 g/mol. The van der Waals surface area contributed by atoms with Crippen molar-refractivity contribution in [3.05, 3.63) is 77.6 Å². The molecule has 6 heteroatoms. The summed E-state index contributed by atoms with van der Waals surface area (Å²) in [7, 11) is 7.47. The average Bonchev–Trinajstić information content (AvgIpc) is 3.15. The van der Waals surface area contributed by atoms with Crippen LogP contribution in [0.25, 0.3) is 5.69 Å². The van der Waals surface area contributed by atoms with Crippen LogP contribution in [0.2, 0.25) is 0 Å². The highest BCUT2D eigenvalue weighted by atomic mass is 16.5. The Morgan fingerprint density at radius 1 is 1.04 bits per heavy atom. The minimum absolute atomic E-state index is 0.0637. The number of nitrogens with zero attached hydrogens (tertiary/aromatic N) is 4. The van der Waals surface area contributed by atoms with Crippen LogP contribution in [0.1, 0.15) is 21.5 Å². The van der Waals surface area contributed by atoms with Crippen LogP contribution in [0.5, 0.6) is 5.75 Å². The zero-order chi connectivity index (χ0) is 20.1. The van der Waals surface area contributed by atoms with Gasteiger partial charge in [-0.1, -0.05) is 30.3 Å². The summed E-state index contributed by atoms with van der Waals surface area (Å²) >= 11 is 0. The molecule has 0 N–H and O–H groups in total. The topological polar surface area (TPSA) is 50.6 Å². The molecule has 2 aromatic carbocycles. The zero-order valence-electron chi connectivity index (χ0n) is 16.8. The van der Waals surface area contributed by atoms with E-state index in [0.717, 1.165) is 29.1 Å². The lowest BCUT2D eigenvalue weighted by Crippen LogP contribution is -2.27. The molecule has 0 radical (unpaired) electrons. The molecular formula is C22H26N4O2. The van der Waals surface area contributed by atoms with E-state index in [9.17, 15) is 4.79 Å². The van der Waals surface area contributed by atoms with E-state index in [0.29, 0.717) is 12.1 Å². The van der Waals surface area contributed by atoms with Crippen molar-refractivity contribution in [1.29, 1.82) is 0 Å². The van der Waals surface area contributed by atoms with Crippen LogP contribution in [0.4, 0.5) is 0 Å². The van der Waals surface area contributed by atoms with Crippen molar-refractivity contribution in [3.8, 4) is 11.4 Å². The number of rotatable bonds is 7. The summed E-state index contributed by atoms with van der Waals surface area (Å²) in [5, 5.41) is 4.45. The van der Waals surface area contributed by atoms with Gasteiger partial charge in [-0.2, -0.15) is 5.10 Å². The Morgan fingerprint density at radius 2 is 1.75 bits per heavy atom. The SMILES string of the molecule is COc1ccccc1CN(C)C(=O)c1ccccc1-n1cc(CN(C)C)cn1. The fourth-order valence-electron chi connectivity index (χ4n) is 3.16. The standard InChI is InChI=1S/C22H26N4O2/c1-24(2)14-17-13-23-26(15-17)20-11-7-6-10-19(20)22(27)25(3)16-18-9-5-8-12-21(18)28-4/h5-13,15H,14,16H2,1-4H3. The van der Waals surface area contributed by atoms with Gasteiger partial charge in [-0.25, -0.2) is 4.68 Å². The number of hydrogen-bond donors (Lipinski definition) is 0. The Morgan fingerprint density at radius 3 is 2.50 bits per heavy atom. The predicted molar refractivity (Wildman–Crippen MR) is 110 cm³/mol. The normalized spacial score (nSPS) is 10.9. The Bertz CT molecular complexity index is 949. The monoisotopic (exact) mass is 378 g/mol. The van der Waals surface area contributed by atoms with Gasteiger partial charge < -0.3 is 14.5 Å². The molecule has 0 aliphatic carbocycles. The molecule has 0 bridgehead atoms. The summed E-state index contributed by atoms with van der Waals surface area (Å²) in [4.78, 5) is 16.9. The first-order valence-corrected chi connectivity index (χ1v) is 9.14. The molecule has 0 unspecified atom stereocenters. The molecule has 1 heterocycles. The molecule has 28 heavy (non-hydrogen) atoms. The summed E-state index contributed by atoms with van der Waals surface area (Å²) in [5.74, 6) is 0.710. The quantitative estimate of drug-likeness (QED) is 0.633. The van der Waals surface area contributed by atoms with Gasteiger partial charge in [0.1, 0.15) is 5.75 Å². The van der Waals surface area contributed by atoms with E-state index < -0.39 is 0 Å². The molecule has 0 spiro atoms. The molecule has 0 atom stereocenters. The second-order valence-electron chi connectivity index (χ2n) is 7.02. The Labute approximate surface area is 166 Å². The van der Waals surface area contributed by atoms with Crippen molar-refractivity contribution in [1.82, 2.24) is 19.6 Å². The van der Waals surface area contributed by atoms with Crippen molar-refractivity contribution >= 4 is 5.91 Å². The molecule has 1 aromatic heterocycles. The number of benzene rings is 2. The van der Waals surface area contributed by atoms with E-state index >= 15 is 0 Å². The van der Waals surface area contributed by atoms with Crippen LogP contribution in [-0.4, -0.2) is 53.7 Å². The van der Waals surface area contributed by atoms with E-state index in [4.69, 9.17) is 4.74 Å². The van der Waals surface area contributed by atoms with Gasteiger partial charge in [0, 0.05) is 37.5 Å². The van der Waals surface area contributed by atoms with Crippen LogP contribution < -0.4 is 4.74 Å². The Balaban J connectivity index is 1.85. The molecule has 0 aliphatic rings. The Kier molecular flexibility index (Phi) is 6.11. The Hall–Kier alpha value is -3.12. The van der Waals surface area contributed by atoms with Gasteiger partial charge in [0.15, 0.2) is 0 Å². The van der Waals surface area contributed by atoms with Gasteiger partial charge in [0.25, 0.3) is 5.91 Å². The summed E-state index contributed by atoms with van der Waals surface area (Å²) in [6, 6.07) is 15.3. The molecule has 3 rings (SSSR count). The van der Waals surface area contributed by atoms with Crippen molar-refractivity contribution in [2.75, 3.05) is 28.3 Å². The number of aromatic nitrogens is 2. The lowest BCUT2D eigenvalue weighted by atomic mass is 10.1. The highest BCUT2D eigenvalue weighted by Crippen LogP contribution is 2.21. The number of ether oxygens (including phenoxy) is 1. The van der Waals surface area contributed by atoms with Crippen molar-refractivity contribution in [2.45, 2.75) is 13.1 Å². The number of para-hydroxylation sites is 2. The van der Waals surface area contributed by atoms with Crippen LogP contribution in [0, 0.1) is 0 Å². The number of carbonyl (C=O) groups is 1.